The molecule has 4 heteroatoms. The standard InChI is InChI=1S/C18H24N2O2/c1-4-10-20(11-5-2)17-12-14(13-18(21)22-3)19-16-9-7-6-8-15(16)17/h6-9,12H,4-5,10-11,13H2,1-3H3. The Morgan fingerprint density at radius 2 is 1.86 bits per heavy atom. The number of methoxy groups -OCH3 is 1. The van der Waals surface area contributed by atoms with Gasteiger partial charge in [0.25, 0.3) is 0 Å². The molecule has 118 valence electrons. The van der Waals surface area contributed by atoms with Crippen molar-refractivity contribution < 1.29 is 9.53 Å². The molecule has 0 atom stereocenters. The summed E-state index contributed by atoms with van der Waals surface area (Å²) < 4.78 is 4.77. The van der Waals surface area contributed by atoms with E-state index in [4.69, 9.17) is 4.74 Å². The van der Waals surface area contributed by atoms with Crippen LogP contribution in [0.5, 0.6) is 0 Å². The zero-order valence-electron chi connectivity index (χ0n) is 13.6. The Morgan fingerprint density at radius 3 is 2.50 bits per heavy atom. The summed E-state index contributed by atoms with van der Waals surface area (Å²) in [5.41, 5.74) is 2.85. The normalized spacial score (nSPS) is 10.7. The number of hydrogen-bond acceptors (Lipinski definition) is 4. The summed E-state index contributed by atoms with van der Waals surface area (Å²) in [6.07, 6.45) is 2.38. The Balaban J connectivity index is 2.50. The number of carbonyl (C=O) groups is 1. The average molecular weight is 300 g/mol. The van der Waals surface area contributed by atoms with E-state index in [1.54, 1.807) is 0 Å². The van der Waals surface area contributed by atoms with E-state index in [-0.39, 0.29) is 12.4 Å². The summed E-state index contributed by atoms with van der Waals surface area (Å²) in [5.74, 6) is -0.258. The molecule has 0 bridgehead atoms. The van der Waals surface area contributed by atoms with Crippen LogP contribution in [0.15, 0.2) is 30.3 Å². The molecule has 22 heavy (non-hydrogen) atoms. The highest BCUT2D eigenvalue weighted by molar-refractivity contribution is 5.92. The molecule has 0 saturated carbocycles. The summed E-state index contributed by atoms with van der Waals surface area (Å²) in [6.45, 7) is 6.36. The van der Waals surface area contributed by atoms with E-state index in [0.29, 0.717) is 0 Å². The van der Waals surface area contributed by atoms with Crippen LogP contribution in [0.3, 0.4) is 0 Å². The van der Waals surface area contributed by atoms with Gasteiger partial charge in [-0.15, -0.1) is 0 Å². The van der Waals surface area contributed by atoms with Crippen LogP contribution in [-0.4, -0.2) is 31.2 Å². The lowest BCUT2D eigenvalue weighted by Crippen LogP contribution is -2.25. The zero-order chi connectivity index (χ0) is 15.9. The van der Waals surface area contributed by atoms with Crippen LogP contribution in [0.4, 0.5) is 5.69 Å². The van der Waals surface area contributed by atoms with Gasteiger partial charge in [-0.3, -0.25) is 9.78 Å². The maximum atomic E-state index is 11.6. The van der Waals surface area contributed by atoms with E-state index in [1.807, 2.05) is 24.3 Å². The average Bonchev–Trinajstić information content (AvgIpc) is 2.53. The van der Waals surface area contributed by atoms with Gasteiger partial charge in [0.15, 0.2) is 0 Å². The van der Waals surface area contributed by atoms with Gasteiger partial charge in [0.1, 0.15) is 0 Å². The van der Waals surface area contributed by atoms with E-state index >= 15 is 0 Å². The summed E-state index contributed by atoms with van der Waals surface area (Å²) in [5, 5.41) is 1.14. The molecule has 0 aliphatic rings. The molecular weight excluding hydrogens is 276 g/mol. The molecule has 0 fully saturated rings. The lowest BCUT2D eigenvalue weighted by molar-refractivity contribution is -0.139. The molecular formula is C18H24N2O2. The van der Waals surface area contributed by atoms with E-state index < -0.39 is 0 Å². The van der Waals surface area contributed by atoms with Gasteiger partial charge in [-0.05, 0) is 25.0 Å². The number of fused-ring (bicyclic) bond motifs is 1. The van der Waals surface area contributed by atoms with Crippen LogP contribution in [0.25, 0.3) is 10.9 Å². The van der Waals surface area contributed by atoms with Crippen LogP contribution in [0, 0.1) is 0 Å². The van der Waals surface area contributed by atoms with Gasteiger partial charge in [-0.2, -0.15) is 0 Å². The SMILES string of the molecule is CCCN(CCC)c1cc(CC(=O)OC)nc2ccccc12. The second-order valence-corrected chi connectivity index (χ2v) is 5.39. The third-order valence-electron chi connectivity index (χ3n) is 3.63. The molecule has 1 aromatic heterocycles. The number of carbonyl (C=O) groups excluding carboxylic acids is 1. The zero-order valence-corrected chi connectivity index (χ0v) is 13.6. The topological polar surface area (TPSA) is 42.4 Å². The highest BCUT2D eigenvalue weighted by Gasteiger charge is 2.13. The molecule has 0 spiro atoms. The Morgan fingerprint density at radius 1 is 1.18 bits per heavy atom. The molecule has 2 rings (SSSR count). The molecule has 0 aliphatic carbocycles. The number of benzene rings is 1. The minimum atomic E-state index is -0.258. The van der Waals surface area contributed by atoms with E-state index in [2.05, 4.69) is 29.8 Å². The van der Waals surface area contributed by atoms with E-state index in [9.17, 15) is 4.79 Å². The van der Waals surface area contributed by atoms with Crippen molar-refractivity contribution in [2.75, 3.05) is 25.1 Å². The van der Waals surface area contributed by atoms with Crippen molar-refractivity contribution in [3.63, 3.8) is 0 Å². The molecule has 2 aromatic rings. The number of hydrogen-bond donors (Lipinski definition) is 0. The van der Waals surface area contributed by atoms with Gasteiger partial charge in [0.2, 0.25) is 0 Å². The molecule has 1 aromatic carbocycles. The summed E-state index contributed by atoms with van der Waals surface area (Å²) in [7, 11) is 1.41. The van der Waals surface area contributed by atoms with Crippen LogP contribution >= 0.6 is 0 Å². The van der Waals surface area contributed by atoms with Gasteiger partial charge in [0.05, 0.1) is 24.7 Å². The Labute approximate surface area is 132 Å². The van der Waals surface area contributed by atoms with Gasteiger partial charge in [-0.25, -0.2) is 0 Å². The van der Waals surface area contributed by atoms with Crippen molar-refractivity contribution in [1.82, 2.24) is 4.98 Å². The first-order valence-electron chi connectivity index (χ1n) is 7.90. The van der Waals surface area contributed by atoms with Gasteiger partial charge in [-0.1, -0.05) is 32.0 Å². The van der Waals surface area contributed by atoms with Crippen LogP contribution in [-0.2, 0) is 16.0 Å². The van der Waals surface area contributed by atoms with Gasteiger partial charge < -0.3 is 9.64 Å². The number of pyridine rings is 1. The van der Waals surface area contributed by atoms with Crippen molar-refractivity contribution in [1.29, 1.82) is 0 Å². The third-order valence-corrected chi connectivity index (χ3v) is 3.63. The Bertz CT molecular complexity index is 634. The minimum Gasteiger partial charge on any atom is -0.469 e. The lowest BCUT2D eigenvalue weighted by Gasteiger charge is -2.25. The maximum absolute atomic E-state index is 11.6. The maximum Gasteiger partial charge on any atom is 0.311 e. The number of rotatable bonds is 7. The van der Waals surface area contributed by atoms with E-state index in [1.165, 1.54) is 7.11 Å². The van der Waals surface area contributed by atoms with Crippen molar-refractivity contribution in [2.24, 2.45) is 0 Å². The lowest BCUT2D eigenvalue weighted by atomic mass is 10.1. The number of nitrogens with zero attached hydrogens (tertiary/aromatic N) is 2. The fraction of sp³-hybridized carbons (Fsp3) is 0.444. The molecule has 0 radical (unpaired) electrons. The second kappa shape index (κ2) is 7.78. The molecule has 1 heterocycles. The van der Waals surface area contributed by atoms with Crippen molar-refractivity contribution >= 4 is 22.6 Å². The fourth-order valence-electron chi connectivity index (χ4n) is 2.68. The number of anilines is 1. The highest BCUT2D eigenvalue weighted by Crippen LogP contribution is 2.27. The summed E-state index contributed by atoms with van der Waals surface area (Å²) >= 11 is 0. The predicted molar refractivity (Wildman–Crippen MR) is 90.3 cm³/mol. The molecule has 0 saturated heterocycles. The van der Waals surface area contributed by atoms with Gasteiger partial charge >= 0.3 is 5.97 Å². The second-order valence-electron chi connectivity index (χ2n) is 5.39. The largest absolute Gasteiger partial charge is 0.469 e. The first-order chi connectivity index (χ1) is 10.7. The molecule has 0 amide bonds. The number of ether oxygens (including phenoxy) is 1. The number of esters is 1. The first-order valence-corrected chi connectivity index (χ1v) is 7.90. The Kier molecular flexibility index (Phi) is 5.75. The predicted octanol–water partition coefficient (Wildman–Crippen LogP) is 3.58. The Hall–Kier alpha value is -2.10. The van der Waals surface area contributed by atoms with Crippen molar-refractivity contribution in [3.05, 3.63) is 36.0 Å². The monoisotopic (exact) mass is 300 g/mol. The number of para-hydroxylation sites is 1. The fourth-order valence-corrected chi connectivity index (χ4v) is 2.68. The third kappa shape index (κ3) is 3.75. The quantitative estimate of drug-likeness (QED) is 0.733. The summed E-state index contributed by atoms with van der Waals surface area (Å²) in [4.78, 5) is 18.6. The molecule has 0 N–H and O–H groups in total. The number of aromatic nitrogens is 1. The van der Waals surface area contributed by atoms with Crippen LogP contribution < -0.4 is 4.90 Å². The smallest absolute Gasteiger partial charge is 0.311 e. The molecule has 0 unspecified atom stereocenters. The van der Waals surface area contributed by atoms with Gasteiger partial charge in [0, 0.05) is 24.2 Å². The minimum absolute atomic E-state index is 0.209. The van der Waals surface area contributed by atoms with Crippen LogP contribution in [0.2, 0.25) is 0 Å². The van der Waals surface area contributed by atoms with E-state index in [0.717, 1.165) is 48.2 Å². The van der Waals surface area contributed by atoms with Crippen molar-refractivity contribution in [3.8, 4) is 0 Å². The molecule has 0 aliphatic heterocycles. The van der Waals surface area contributed by atoms with Crippen molar-refractivity contribution in [2.45, 2.75) is 33.1 Å². The first kappa shape index (κ1) is 16.3. The summed E-state index contributed by atoms with van der Waals surface area (Å²) in [6, 6.07) is 10.1. The molecule has 4 nitrogen and oxygen atoms in total. The highest BCUT2D eigenvalue weighted by atomic mass is 16.5. The van der Waals surface area contributed by atoms with Crippen LogP contribution in [0.1, 0.15) is 32.4 Å².